The highest BCUT2D eigenvalue weighted by atomic mass is 16.5. The molecular formula is C23H32O5. The van der Waals surface area contributed by atoms with Gasteiger partial charge >= 0.3 is 5.97 Å². The first-order valence-electron chi connectivity index (χ1n) is 10.5. The van der Waals surface area contributed by atoms with Gasteiger partial charge in [-0.3, -0.25) is 4.79 Å². The number of hydrogen-bond acceptors (Lipinski definition) is 4. The van der Waals surface area contributed by atoms with Gasteiger partial charge in [0.15, 0.2) is 0 Å². The molecule has 2 aliphatic rings. The molecule has 0 unspecified atom stereocenters. The van der Waals surface area contributed by atoms with E-state index in [1.165, 1.54) is 0 Å². The summed E-state index contributed by atoms with van der Waals surface area (Å²) in [5.41, 5.74) is 0. The number of carboxylic acid groups (broad SMARTS) is 1. The number of fused-ring (bicyclic) bond motifs is 1. The summed E-state index contributed by atoms with van der Waals surface area (Å²) < 4.78 is 11.8. The van der Waals surface area contributed by atoms with Gasteiger partial charge in [0, 0.05) is 19.4 Å². The average Bonchev–Trinajstić information content (AvgIpc) is 2.84. The standard InChI is InChI=1S/C23H32O5/c24-21-15-22-20(13-12-17(16-28-22)7-6-11-23(25)26)19(21)10-4-5-14-27-18-8-2-1-3-9-18/h1-5,8-9,17,19-22,24H,6-7,10-16H2,(H,25,26)/t17-,19+,20+,21+,22-/m0/s1. The number of carboxylic acids is 1. The van der Waals surface area contributed by atoms with E-state index in [1.54, 1.807) is 0 Å². The molecule has 0 radical (unpaired) electrons. The van der Waals surface area contributed by atoms with Crippen LogP contribution in [0.3, 0.4) is 0 Å². The SMILES string of the molecule is O=C(O)CCC[C@H]1CC[C@@H]2[C@@H](CC=CCOc3ccccc3)[C@H](O)C[C@@H]2OC1. The fourth-order valence-corrected chi connectivity index (χ4v) is 4.60. The average molecular weight is 389 g/mol. The zero-order valence-electron chi connectivity index (χ0n) is 16.4. The van der Waals surface area contributed by atoms with Crippen LogP contribution in [0, 0.1) is 17.8 Å². The van der Waals surface area contributed by atoms with Crippen molar-refractivity contribution in [1.82, 2.24) is 0 Å². The molecule has 2 N–H and O–H groups in total. The van der Waals surface area contributed by atoms with Crippen molar-refractivity contribution in [2.75, 3.05) is 13.2 Å². The topological polar surface area (TPSA) is 76.0 Å². The van der Waals surface area contributed by atoms with Crippen molar-refractivity contribution in [3.63, 3.8) is 0 Å². The Kier molecular flexibility index (Phi) is 7.92. The summed E-state index contributed by atoms with van der Waals surface area (Å²) in [5.74, 6) is 1.20. The summed E-state index contributed by atoms with van der Waals surface area (Å²) in [4.78, 5) is 10.7. The predicted molar refractivity (Wildman–Crippen MR) is 107 cm³/mol. The van der Waals surface area contributed by atoms with E-state index in [9.17, 15) is 9.90 Å². The van der Waals surface area contributed by atoms with E-state index in [2.05, 4.69) is 6.08 Å². The zero-order chi connectivity index (χ0) is 19.8. The molecule has 0 amide bonds. The third kappa shape index (κ3) is 6.08. The van der Waals surface area contributed by atoms with Crippen molar-refractivity contribution in [2.24, 2.45) is 17.8 Å². The number of benzene rings is 1. The molecule has 154 valence electrons. The number of allylic oxidation sites excluding steroid dienone is 1. The fourth-order valence-electron chi connectivity index (χ4n) is 4.60. The molecule has 3 rings (SSSR count). The second-order valence-electron chi connectivity index (χ2n) is 8.06. The molecule has 5 nitrogen and oxygen atoms in total. The van der Waals surface area contributed by atoms with E-state index in [0.29, 0.717) is 31.5 Å². The molecule has 1 aromatic carbocycles. The number of para-hydroxylation sites is 1. The highest BCUT2D eigenvalue weighted by Gasteiger charge is 2.43. The van der Waals surface area contributed by atoms with Crippen LogP contribution < -0.4 is 4.74 Å². The van der Waals surface area contributed by atoms with Gasteiger partial charge in [-0.25, -0.2) is 0 Å². The van der Waals surface area contributed by atoms with Crippen molar-refractivity contribution in [3.05, 3.63) is 42.5 Å². The molecular weight excluding hydrogens is 356 g/mol. The highest BCUT2D eigenvalue weighted by Crippen LogP contribution is 2.42. The zero-order valence-corrected chi connectivity index (χ0v) is 16.4. The molecule has 5 atom stereocenters. The van der Waals surface area contributed by atoms with Gasteiger partial charge in [0.1, 0.15) is 12.4 Å². The monoisotopic (exact) mass is 388 g/mol. The smallest absolute Gasteiger partial charge is 0.303 e. The van der Waals surface area contributed by atoms with E-state index >= 15 is 0 Å². The molecule has 1 saturated heterocycles. The lowest BCUT2D eigenvalue weighted by Gasteiger charge is -2.22. The van der Waals surface area contributed by atoms with Gasteiger partial charge in [-0.2, -0.15) is 0 Å². The fraction of sp³-hybridized carbons (Fsp3) is 0.609. The minimum Gasteiger partial charge on any atom is -0.490 e. The Morgan fingerprint density at radius 1 is 1.21 bits per heavy atom. The number of aliphatic carboxylic acids is 1. The van der Waals surface area contributed by atoms with Gasteiger partial charge in [-0.15, -0.1) is 0 Å². The Hall–Kier alpha value is -1.85. The van der Waals surface area contributed by atoms with Crippen LogP contribution in [0.5, 0.6) is 5.75 Å². The number of rotatable bonds is 9. The van der Waals surface area contributed by atoms with Crippen molar-refractivity contribution < 1.29 is 24.5 Å². The maximum Gasteiger partial charge on any atom is 0.303 e. The quantitative estimate of drug-likeness (QED) is 0.624. The molecule has 1 heterocycles. The predicted octanol–water partition coefficient (Wildman–Crippen LogP) is 4.06. The van der Waals surface area contributed by atoms with Crippen molar-refractivity contribution in [1.29, 1.82) is 0 Å². The maximum absolute atomic E-state index is 10.7. The van der Waals surface area contributed by atoms with E-state index in [0.717, 1.165) is 37.9 Å². The van der Waals surface area contributed by atoms with Crippen LogP contribution in [0.2, 0.25) is 0 Å². The lowest BCUT2D eigenvalue weighted by atomic mass is 9.85. The lowest BCUT2D eigenvalue weighted by Crippen LogP contribution is -2.22. The maximum atomic E-state index is 10.7. The summed E-state index contributed by atoms with van der Waals surface area (Å²) in [5, 5.41) is 19.3. The summed E-state index contributed by atoms with van der Waals surface area (Å²) in [6, 6.07) is 9.75. The van der Waals surface area contributed by atoms with Crippen molar-refractivity contribution in [2.45, 2.75) is 57.2 Å². The second kappa shape index (κ2) is 10.6. The molecule has 28 heavy (non-hydrogen) atoms. The van der Waals surface area contributed by atoms with Crippen LogP contribution in [0.15, 0.2) is 42.5 Å². The van der Waals surface area contributed by atoms with Gasteiger partial charge in [0.25, 0.3) is 0 Å². The Morgan fingerprint density at radius 3 is 2.82 bits per heavy atom. The van der Waals surface area contributed by atoms with Crippen LogP contribution in [-0.4, -0.2) is 41.6 Å². The van der Waals surface area contributed by atoms with Crippen molar-refractivity contribution in [3.8, 4) is 5.75 Å². The molecule has 0 spiro atoms. The number of ether oxygens (including phenoxy) is 2. The molecule has 2 fully saturated rings. The van der Waals surface area contributed by atoms with Crippen LogP contribution in [0.4, 0.5) is 0 Å². The first kappa shape index (κ1) is 20.9. The molecule has 5 heteroatoms. The van der Waals surface area contributed by atoms with Gasteiger partial charge < -0.3 is 19.7 Å². The molecule has 1 saturated carbocycles. The number of carbonyl (C=O) groups is 1. The van der Waals surface area contributed by atoms with Crippen molar-refractivity contribution >= 4 is 5.97 Å². The Balaban J connectivity index is 1.43. The minimum atomic E-state index is -0.724. The van der Waals surface area contributed by atoms with E-state index in [1.807, 2.05) is 36.4 Å². The van der Waals surface area contributed by atoms with Crippen LogP contribution in [-0.2, 0) is 9.53 Å². The molecule has 1 aromatic rings. The summed E-state index contributed by atoms with van der Waals surface area (Å²) >= 11 is 0. The first-order valence-corrected chi connectivity index (χ1v) is 10.5. The molecule has 0 aromatic heterocycles. The molecule has 1 aliphatic heterocycles. The third-order valence-corrected chi connectivity index (χ3v) is 6.12. The number of aliphatic hydroxyl groups is 1. The Morgan fingerprint density at radius 2 is 2.04 bits per heavy atom. The van der Waals surface area contributed by atoms with E-state index in [4.69, 9.17) is 14.6 Å². The third-order valence-electron chi connectivity index (χ3n) is 6.12. The second-order valence-corrected chi connectivity index (χ2v) is 8.06. The van der Waals surface area contributed by atoms with Crippen LogP contribution >= 0.6 is 0 Å². The summed E-state index contributed by atoms with van der Waals surface area (Å²) in [6.45, 7) is 1.23. The first-order chi connectivity index (χ1) is 13.6. The van der Waals surface area contributed by atoms with E-state index in [-0.39, 0.29) is 24.5 Å². The highest BCUT2D eigenvalue weighted by molar-refractivity contribution is 5.66. The van der Waals surface area contributed by atoms with E-state index < -0.39 is 5.97 Å². The van der Waals surface area contributed by atoms with Gasteiger partial charge in [0.05, 0.1) is 12.2 Å². The van der Waals surface area contributed by atoms with Crippen LogP contribution in [0.1, 0.15) is 44.9 Å². The largest absolute Gasteiger partial charge is 0.490 e. The Bertz CT molecular complexity index is 629. The van der Waals surface area contributed by atoms with Gasteiger partial charge in [0.2, 0.25) is 0 Å². The number of aliphatic hydroxyl groups excluding tert-OH is 1. The summed E-state index contributed by atoms with van der Waals surface area (Å²) in [7, 11) is 0. The number of hydrogen-bond donors (Lipinski definition) is 2. The van der Waals surface area contributed by atoms with Gasteiger partial charge in [-0.1, -0.05) is 30.4 Å². The minimum absolute atomic E-state index is 0.137. The Labute approximate surface area is 167 Å². The normalized spacial score (nSPS) is 30.1. The molecule has 0 bridgehead atoms. The van der Waals surface area contributed by atoms with Crippen LogP contribution in [0.25, 0.3) is 0 Å². The lowest BCUT2D eigenvalue weighted by molar-refractivity contribution is -0.137. The summed E-state index contributed by atoms with van der Waals surface area (Å²) in [6.07, 6.45) is 9.51. The molecule has 1 aliphatic carbocycles. The van der Waals surface area contributed by atoms with Gasteiger partial charge in [-0.05, 0) is 62.0 Å².